The van der Waals surface area contributed by atoms with E-state index < -0.39 is 0 Å². The van der Waals surface area contributed by atoms with E-state index in [0.717, 1.165) is 36.2 Å². The number of thioether (sulfide) groups is 1. The van der Waals surface area contributed by atoms with Crippen molar-refractivity contribution in [1.82, 2.24) is 9.97 Å². The Morgan fingerprint density at radius 1 is 1.53 bits per heavy atom. The van der Waals surface area contributed by atoms with Crippen molar-refractivity contribution in [3.63, 3.8) is 0 Å². The Hall–Kier alpha value is -0.850. The van der Waals surface area contributed by atoms with Crippen LogP contribution in [-0.2, 0) is 16.1 Å². The summed E-state index contributed by atoms with van der Waals surface area (Å²) in [5.41, 5.74) is 0. The highest BCUT2D eigenvalue weighted by atomic mass is 32.2. The molecule has 2 rings (SSSR count). The largest absolute Gasteiger partial charge is 0.377 e. The lowest BCUT2D eigenvalue weighted by Crippen LogP contribution is -2.14. The van der Waals surface area contributed by atoms with Gasteiger partial charge in [-0.2, -0.15) is 0 Å². The van der Waals surface area contributed by atoms with Gasteiger partial charge in [0.15, 0.2) is 5.82 Å². The topological polar surface area (TPSA) is 56.3 Å². The molecular formula is C13H21N3O2S. The zero-order chi connectivity index (χ0) is 13.7. The lowest BCUT2D eigenvalue weighted by molar-refractivity contribution is 0.127. The number of nitrogens with zero attached hydrogens (tertiary/aromatic N) is 2. The summed E-state index contributed by atoms with van der Waals surface area (Å²) in [6, 6.07) is 2.00. The minimum Gasteiger partial charge on any atom is -0.377 e. The first kappa shape index (κ1) is 14.6. The van der Waals surface area contributed by atoms with Crippen LogP contribution in [0.1, 0.15) is 26.1 Å². The zero-order valence-corrected chi connectivity index (χ0v) is 12.5. The highest BCUT2D eigenvalue weighted by Gasteiger charge is 2.25. The van der Waals surface area contributed by atoms with Gasteiger partial charge in [0.1, 0.15) is 17.5 Å². The molecule has 5 nitrogen and oxygen atoms in total. The molecule has 2 unspecified atom stereocenters. The lowest BCUT2D eigenvalue weighted by Gasteiger charge is -2.14. The molecule has 19 heavy (non-hydrogen) atoms. The summed E-state index contributed by atoms with van der Waals surface area (Å²) in [5, 5.41) is 4.69. The van der Waals surface area contributed by atoms with Gasteiger partial charge in [-0.1, -0.05) is 0 Å². The monoisotopic (exact) mass is 283 g/mol. The van der Waals surface area contributed by atoms with Crippen molar-refractivity contribution in [2.75, 3.05) is 25.6 Å². The fourth-order valence-corrected chi connectivity index (χ4v) is 3.15. The van der Waals surface area contributed by atoms with E-state index in [9.17, 15) is 0 Å². The standard InChI is InChI=1S/C13H21N3O2S/c1-4-14-11-7-13(16-12(15-11)8-17-3)19-10-5-6-18-9(10)2/h7,9-10H,4-6,8H2,1-3H3,(H,14,15,16). The minimum atomic E-state index is 0.286. The van der Waals surface area contributed by atoms with E-state index in [4.69, 9.17) is 9.47 Å². The Kier molecular flexibility index (Phi) is 5.42. The molecule has 0 bridgehead atoms. The molecule has 1 aliphatic rings. The molecule has 106 valence electrons. The second kappa shape index (κ2) is 7.07. The third-order valence-electron chi connectivity index (χ3n) is 2.96. The molecule has 6 heteroatoms. The van der Waals surface area contributed by atoms with Gasteiger partial charge in [-0.3, -0.25) is 0 Å². The van der Waals surface area contributed by atoms with Crippen LogP contribution in [-0.4, -0.2) is 41.6 Å². The number of nitrogens with one attached hydrogen (secondary N) is 1. The van der Waals surface area contributed by atoms with Gasteiger partial charge in [0, 0.05) is 31.6 Å². The Bertz CT molecular complexity index is 393. The summed E-state index contributed by atoms with van der Waals surface area (Å²) in [5.74, 6) is 1.58. The molecule has 1 aromatic heterocycles. The second-order valence-corrected chi connectivity index (χ2v) is 5.75. The quantitative estimate of drug-likeness (QED) is 0.809. The van der Waals surface area contributed by atoms with Crippen LogP contribution >= 0.6 is 11.8 Å². The van der Waals surface area contributed by atoms with Crippen LogP contribution in [0.15, 0.2) is 11.1 Å². The van der Waals surface area contributed by atoms with Gasteiger partial charge in [0.2, 0.25) is 0 Å². The summed E-state index contributed by atoms with van der Waals surface area (Å²) in [6.45, 7) is 6.29. The molecule has 1 fully saturated rings. The Morgan fingerprint density at radius 3 is 3.00 bits per heavy atom. The lowest BCUT2D eigenvalue weighted by atomic mass is 10.3. The van der Waals surface area contributed by atoms with Crippen molar-refractivity contribution >= 4 is 17.6 Å². The van der Waals surface area contributed by atoms with Crippen LogP contribution in [0.3, 0.4) is 0 Å². The highest BCUT2D eigenvalue weighted by Crippen LogP contribution is 2.32. The number of methoxy groups -OCH3 is 1. The predicted molar refractivity (Wildman–Crippen MR) is 76.6 cm³/mol. The maximum absolute atomic E-state index is 5.59. The van der Waals surface area contributed by atoms with E-state index >= 15 is 0 Å². The molecular weight excluding hydrogens is 262 g/mol. The molecule has 1 saturated heterocycles. The molecule has 1 N–H and O–H groups in total. The van der Waals surface area contributed by atoms with Gasteiger partial charge in [0.25, 0.3) is 0 Å². The number of hydrogen-bond donors (Lipinski definition) is 1. The number of aromatic nitrogens is 2. The van der Waals surface area contributed by atoms with Gasteiger partial charge < -0.3 is 14.8 Å². The molecule has 2 heterocycles. The van der Waals surface area contributed by atoms with Crippen LogP contribution in [0.5, 0.6) is 0 Å². The summed E-state index contributed by atoms with van der Waals surface area (Å²) < 4.78 is 10.7. The number of rotatable bonds is 6. The average molecular weight is 283 g/mol. The molecule has 0 radical (unpaired) electrons. The van der Waals surface area contributed by atoms with Crippen LogP contribution in [0, 0.1) is 0 Å². The SMILES string of the molecule is CCNc1cc(SC2CCOC2C)nc(COC)n1. The highest BCUT2D eigenvalue weighted by molar-refractivity contribution is 7.99. The molecule has 0 saturated carbocycles. The molecule has 2 atom stereocenters. The van der Waals surface area contributed by atoms with Crippen molar-refractivity contribution in [3.05, 3.63) is 11.9 Å². The summed E-state index contributed by atoms with van der Waals surface area (Å²) >= 11 is 1.77. The predicted octanol–water partition coefficient (Wildman–Crippen LogP) is 2.32. The van der Waals surface area contributed by atoms with E-state index in [1.54, 1.807) is 18.9 Å². The summed E-state index contributed by atoms with van der Waals surface area (Å²) in [7, 11) is 1.66. The summed E-state index contributed by atoms with van der Waals surface area (Å²) in [6.07, 6.45) is 1.36. The molecule has 1 aliphatic heterocycles. The van der Waals surface area contributed by atoms with Crippen molar-refractivity contribution in [2.45, 2.75) is 43.3 Å². The van der Waals surface area contributed by atoms with Crippen molar-refractivity contribution in [2.24, 2.45) is 0 Å². The average Bonchev–Trinajstić information content (AvgIpc) is 2.76. The third-order valence-corrected chi connectivity index (χ3v) is 4.33. The first-order valence-corrected chi connectivity index (χ1v) is 7.50. The summed E-state index contributed by atoms with van der Waals surface area (Å²) in [4.78, 5) is 8.95. The maximum Gasteiger partial charge on any atom is 0.157 e. The fraction of sp³-hybridized carbons (Fsp3) is 0.692. The third kappa shape index (κ3) is 4.06. The van der Waals surface area contributed by atoms with Gasteiger partial charge in [-0.25, -0.2) is 9.97 Å². The van der Waals surface area contributed by atoms with Crippen LogP contribution in [0.4, 0.5) is 5.82 Å². The number of anilines is 1. The van der Waals surface area contributed by atoms with E-state index in [2.05, 4.69) is 29.1 Å². The van der Waals surface area contributed by atoms with E-state index in [-0.39, 0.29) is 6.10 Å². The van der Waals surface area contributed by atoms with Crippen LogP contribution < -0.4 is 5.32 Å². The molecule has 0 aromatic carbocycles. The van der Waals surface area contributed by atoms with Gasteiger partial charge >= 0.3 is 0 Å². The Balaban J connectivity index is 2.13. The molecule has 0 aliphatic carbocycles. The normalized spacial score (nSPS) is 22.7. The molecule has 1 aromatic rings. The molecule has 0 amide bonds. The van der Waals surface area contributed by atoms with E-state index in [0.29, 0.717) is 11.9 Å². The van der Waals surface area contributed by atoms with Gasteiger partial charge in [-0.05, 0) is 20.3 Å². The second-order valence-electron chi connectivity index (χ2n) is 4.49. The maximum atomic E-state index is 5.59. The molecule has 0 spiro atoms. The van der Waals surface area contributed by atoms with Crippen molar-refractivity contribution in [3.8, 4) is 0 Å². The van der Waals surface area contributed by atoms with Crippen LogP contribution in [0.25, 0.3) is 0 Å². The van der Waals surface area contributed by atoms with E-state index in [1.807, 2.05) is 6.07 Å². The van der Waals surface area contributed by atoms with Crippen molar-refractivity contribution in [1.29, 1.82) is 0 Å². The smallest absolute Gasteiger partial charge is 0.157 e. The van der Waals surface area contributed by atoms with Crippen molar-refractivity contribution < 1.29 is 9.47 Å². The van der Waals surface area contributed by atoms with Gasteiger partial charge in [0.05, 0.1) is 6.10 Å². The Labute approximate surface area is 118 Å². The zero-order valence-electron chi connectivity index (χ0n) is 11.7. The Morgan fingerprint density at radius 2 is 2.37 bits per heavy atom. The van der Waals surface area contributed by atoms with E-state index in [1.165, 1.54) is 0 Å². The van der Waals surface area contributed by atoms with Crippen LogP contribution in [0.2, 0.25) is 0 Å². The first-order valence-electron chi connectivity index (χ1n) is 6.62. The first-order chi connectivity index (χ1) is 9.22. The minimum absolute atomic E-state index is 0.286. The number of hydrogen-bond acceptors (Lipinski definition) is 6. The number of ether oxygens (including phenoxy) is 2. The van der Waals surface area contributed by atoms with Gasteiger partial charge in [-0.15, -0.1) is 11.8 Å². The fourth-order valence-electron chi connectivity index (χ4n) is 2.02.